The molecule has 0 aromatic heterocycles. The summed E-state index contributed by atoms with van der Waals surface area (Å²) in [6.07, 6.45) is -0.0491. The van der Waals surface area contributed by atoms with E-state index < -0.39 is 6.10 Å². The number of carbonyl (C=O) groups excluding carboxylic acids is 1. The maximum atomic E-state index is 11.4. The number of Topliss-reactive ketones (excluding diaryl/α,β-unsaturated/α-hetero) is 1. The van der Waals surface area contributed by atoms with Crippen LogP contribution < -0.4 is 9.47 Å². The number of aliphatic hydroxyl groups is 1. The predicted octanol–water partition coefficient (Wildman–Crippen LogP) is 1.93. The van der Waals surface area contributed by atoms with Crippen molar-refractivity contribution < 1.29 is 19.4 Å². The summed E-state index contributed by atoms with van der Waals surface area (Å²) in [5, 5.41) is 9.01. The second-order valence-electron chi connectivity index (χ2n) is 3.72. The van der Waals surface area contributed by atoms with E-state index in [0.29, 0.717) is 17.9 Å². The first kappa shape index (κ1) is 13.5. The SMILES string of the molecule is CCC(=O)C(C)Oc1ccc(CO)cc1OC. The van der Waals surface area contributed by atoms with Gasteiger partial charge in [0.2, 0.25) is 0 Å². The number of benzene rings is 1. The Morgan fingerprint density at radius 3 is 2.65 bits per heavy atom. The van der Waals surface area contributed by atoms with Gasteiger partial charge in [0.15, 0.2) is 23.4 Å². The zero-order valence-corrected chi connectivity index (χ0v) is 10.4. The number of carbonyl (C=O) groups is 1. The van der Waals surface area contributed by atoms with Gasteiger partial charge in [-0.3, -0.25) is 4.79 Å². The average Bonchev–Trinajstić information content (AvgIpc) is 2.37. The first-order valence-corrected chi connectivity index (χ1v) is 5.59. The minimum absolute atomic E-state index is 0.0401. The molecular weight excluding hydrogens is 220 g/mol. The number of rotatable bonds is 6. The molecule has 0 aliphatic rings. The highest BCUT2D eigenvalue weighted by molar-refractivity contribution is 5.82. The molecule has 4 heteroatoms. The number of ketones is 1. The first-order valence-electron chi connectivity index (χ1n) is 5.59. The van der Waals surface area contributed by atoms with Gasteiger partial charge in [-0.15, -0.1) is 0 Å². The molecule has 1 aromatic rings. The molecule has 0 radical (unpaired) electrons. The first-order chi connectivity index (χ1) is 8.12. The van der Waals surface area contributed by atoms with Gasteiger partial charge in [-0.2, -0.15) is 0 Å². The topological polar surface area (TPSA) is 55.8 Å². The molecule has 0 saturated heterocycles. The largest absolute Gasteiger partial charge is 0.493 e. The molecule has 94 valence electrons. The maximum Gasteiger partial charge on any atom is 0.172 e. The van der Waals surface area contributed by atoms with E-state index in [0.717, 1.165) is 5.56 Å². The van der Waals surface area contributed by atoms with Gasteiger partial charge in [-0.05, 0) is 24.6 Å². The molecule has 1 unspecified atom stereocenters. The molecule has 17 heavy (non-hydrogen) atoms. The van der Waals surface area contributed by atoms with Crippen molar-refractivity contribution in [3.63, 3.8) is 0 Å². The van der Waals surface area contributed by atoms with Crippen molar-refractivity contribution in [2.75, 3.05) is 7.11 Å². The Kier molecular flexibility index (Phi) is 4.97. The van der Waals surface area contributed by atoms with Gasteiger partial charge in [0.1, 0.15) is 0 Å². The van der Waals surface area contributed by atoms with Crippen LogP contribution in [0.4, 0.5) is 0 Å². The minimum Gasteiger partial charge on any atom is -0.493 e. The summed E-state index contributed by atoms with van der Waals surface area (Å²) in [6, 6.07) is 5.13. The Balaban J connectivity index is 2.87. The highest BCUT2D eigenvalue weighted by Crippen LogP contribution is 2.29. The van der Waals surface area contributed by atoms with Crippen LogP contribution in [0.15, 0.2) is 18.2 Å². The second kappa shape index (κ2) is 6.25. The number of hydrogen-bond donors (Lipinski definition) is 1. The van der Waals surface area contributed by atoms with E-state index in [1.165, 1.54) is 7.11 Å². The van der Waals surface area contributed by atoms with Crippen LogP contribution in [-0.2, 0) is 11.4 Å². The van der Waals surface area contributed by atoms with E-state index in [2.05, 4.69) is 0 Å². The Bertz CT molecular complexity index is 387. The number of aliphatic hydroxyl groups excluding tert-OH is 1. The van der Waals surface area contributed by atoms with E-state index in [1.807, 2.05) is 0 Å². The summed E-state index contributed by atoms with van der Waals surface area (Å²) < 4.78 is 10.7. The summed E-state index contributed by atoms with van der Waals surface area (Å²) in [5.74, 6) is 1.07. The normalized spacial score (nSPS) is 12.0. The molecule has 0 spiro atoms. The lowest BCUT2D eigenvalue weighted by molar-refractivity contribution is -0.124. The van der Waals surface area contributed by atoms with Crippen molar-refractivity contribution in [2.45, 2.75) is 33.0 Å². The monoisotopic (exact) mass is 238 g/mol. The smallest absolute Gasteiger partial charge is 0.172 e. The van der Waals surface area contributed by atoms with Crippen LogP contribution in [0, 0.1) is 0 Å². The van der Waals surface area contributed by atoms with Crippen molar-refractivity contribution in [1.29, 1.82) is 0 Å². The molecular formula is C13H18O4. The van der Waals surface area contributed by atoms with Gasteiger partial charge >= 0.3 is 0 Å². The van der Waals surface area contributed by atoms with E-state index in [-0.39, 0.29) is 12.4 Å². The van der Waals surface area contributed by atoms with Gasteiger partial charge in [0.05, 0.1) is 13.7 Å². The Labute approximate surface area is 101 Å². The fourth-order valence-electron chi connectivity index (χ4n) is 1.45. The molecule has 0 heterocycles. The van der Waals surface area contributed by atoms with Gasteiger partial charge in [0.25, 0.3) is 0 Å². The fourth-order valence-corrected chi connectivity index (χ4v) is 1.45. The zero-order chi connectivity index (χ0) is 12.8. The van der Waals surface area contributed by atoms with E-state index in [1.54, 1.807) is 32.0 Å². The summed E-state index contributed by atoms with van der Waals surface area (Å²) in [6.45, 7) is 3.46. The van der Waals surface area contributed by atoms with Gasteiger partial charge in [0, 0.05) is 6.42 Å². The molecule has 0 fully saturated rings. The second-order valence-corrected chi connectivity index (χ2v) is 3.72. The standard InChI is InChI=1S/C13H18O4/c1-4-11(15)9(2)17-12-6-5-10(8-14)7-13(12)16-3/h5-7,9,14H,4,8H2,1-3H3. The molecule has 0 bridgehead atoms. The third-order valence-corrected chi connectivity index (χ3v) is 2.52. The lowest BCUT2D eigenvalue weighted by Crippen LogP contribution is -2.23. The number of methoxy groups -OCH3 is 1. The van der Waals surface area contributed by atoms with E-state index >= 15 is 0 Å². The van der Waals surface area contributed by atoms with Crippen LogP contribution in [-0.4, -0.2) is 24.1 Å². The van der Waals surface area contributed by atoms with Crippen LogP contribution in [0.2, 0.25) is 0 Å². The predicted molar refractivity (Wildman–Crippen MR) is 64.3 cm³/mol. The molecule has 0 aliphatic carbocycles. The molecule has 0 amide bonds. The molecule has 0 aliphatic heterocycles. The quantitative estimate of drug-likeness (QED) is 0.822. The van der Waals surface area contributed by atoms with Crippen LogP contribution >= 0.6 is 0 Å². The Morgan fingerprint density at radius 2 is 2.12 bits per heavy atom. The molecule has 1 rings (SSSR count). The zero-order valence-electron chi connectivity index (χ0n) is 10.4. The molecule has 1 aromatic carbocycles. The fraction of sp³-hybridized carbons (Fsp3) is 0.462. The Morgan fingerprint density at radius 1 is 1.41 bits per heavy atom. The molecule has 1 N–H and O–H groups in total. The molecule has 0 saturated carbocycles. The minimum atomic E-state index is -0.492. The summed E-state index contributed by atoms with van der Waals surface area (Å²) in [7, 11) is 1.52. The van der Waals surface area contributed by atoms with Gasteiger partial charge in [-0.25, -0.2) is 0 Å². The van der Waals surface area contributed by atoms with E-state index in [9.17, 15) is 4.79 Å². The Hall–Kier alpha value is -1.55. The van der Waals surface area contributed by atoms with Crippen LogP contribution in [0.5, 0.6) is 11.5 Å². The van der Waals surface area contributed by atoms with Crippen molar-refractivity contribution in [3.05, 3.63) is 23.8 Å². The van der Waals surface area contributed by atoms with Crippen molar-refractivity contribution in [3.8, 4) is 11.5 Å². The summed E-state index contributed by atoms with van der Waals surface area (Å²) in [5.41, 5.74) is 0.740. The summed E-state index contributed by atoms with van der Waals surface area (Å²) in [4.78, 5) is 11.4. The number of hydrogen-bond acceptors (Lipinski definition) is 4. The molecule has 1 atom stereocenters. The molecule has 4 nitrogen and oxygen atoms in total. The third-order valence-electron chi connectivity index (χ3n) is 2.52. The highest BCUT2D eigenvalue weighted by Gasteiger charge is 2.15. The van der Waals surface area contributed by atoms with Crippen LogP contribution in [0.1, 0.15) is 25.8 Å². The van der Waals surface area contributed by atoms with E-state index in [4.69, 9.17) is 14.6 Å². The van der Waals surface area contributed by atoms with Crippen molar-refractivity contribution >= 4 is 5.78 Å². The third kappa shape index (κ3) is 3.46. The van der Waals surface area contributed by atoms with Crippen molar-refractivity contribution in [2.24, 2.45) is 0 Å². The highest BCUT2D eigenvalue weighted by atomic mass is 16.5. The lowest BCUT2D eigenvalue weighted by atomic mass is 10.2. The summed E-state index contributed by atoms with van der Waals surface area (Å²) >= 11 is 0. The van der Waals surface area contributed by atoms with Crippen LogP contribution in [0.25, 0.3) is 0 Å². The lowest BCUT2D eigenvalue weighted by Gasteiger charge is -2.16. The van der Waals surface area contributed by atoms with Crippen molar-refractivity contribution in [1.82, 2.24) is 0 Å². The van der Waals surface area contributed by atoms with Crippen LogP contribution in [0.3, 0.4) is 0 Å². The maximum absolute atomic E-state index is 11.4. The number of ether oxygens (including phenoxy) is 2. The van der Waals surface area contributed by atoms with Gasteiger partial charge in [-0.1, -0.05) is 13.0 Å². The van der Waals surface area contributed by atoms with Gasteiger partial charge < -0.3 is 14.6 Å². The average molecular weight is 238 g/mol.